The maximum Gasteiger partial charge on any atom is 0.119 e. The number of hydrogen-bond donors (Lipinski definition) is 0. The number of methoxy groups -OCH3 is 1. The fraction of sp³-hybridized carbons (Fsp3) is 0.275. The van der Waals surface area contributed by atoms with Gasteiger partial charge in [-0.1, -0.05) is 78.9 Å². The Kier molecular flexibility index (Phi) is 8.17. The van der Waals surface area contributed by atoms with Crippen LogP contribution in [0.4, 0.5) is 5.69 Å². The quantitative estimate of drug-likeness (QED) is 0.155. The average molecular weight is 580 g/mol. The predicted octanol–water partition coefficient (Wildman–Crippen LogP) is 8.48. The maximum absolute atomic E-state index is 5.69. The number of ether oxygens (including phenoxy) is 1. The molecule has 2 bridgehead atoms. The molecule has 0 amide bonds. The van der Waals surface area contributed by atoms with Crippen LogP contribution in [0.5, 0.6) is 5.75 Å². The van der Waals surface area contributed by atoms with Crippen molar-refractivity contribution in [2.24, 2.45) is 11.8 Å². The standard InChI is InChI=1S/C40H41N3O/c1-3-31-28-42-22-20-32(31)24-39(42)40(36-19-21-41-38-18-17-35(44-2)25-37(36)38)33-15-10-16-34(23-33)43(26-29-11-6-4-7-12-29)27-30-13-8-5-9-14-30/h3-19,21,23,25,31-32,39-40H,1,20,22,24,26-28H2,2H3/t31-,32-,39-,40-/m0/s1. The molecular formula is C40H41N3O. The van der Waals surface area contributed by atoms with Crippen LogP contribution >= 0.6 is 0 Å². The van der Waals surface area contributed by atoms with E-state index in [0.29, 0.717) is 17.9 Å². The van der Waals surface area contributed by atoms with E-state index in [1.807, 2.05) is 12.3 Å². The van der Waals surface area contributed by atoms with Gasteiger partial charge in [0.1, 0.15) is 5.75 Å². The first-order valence-corrected chi connectivity index (χ1v) is 15.9. The van der Waals surface area contributed by atoms with Gasteiger partial charge >= 0.3 is 0 Å². The molecule has 0 N–H and O–H groups in total. The van der Waals surface area contributed by atoms with Gasteiger partial charge in [0.05, 0.1) is 12.6 Å². The van der Waals surface area contributed by atoms with Gasteiger partial charge in [-0.05, 0) is 89.9 Å². The van der Waals surface area contributed by atoms with Gasteiger partial charge in [0, 0.05) is 48.9 Å². The number of aromatic nitrogens is 1. The zero-order valence-corrected chi connectivity index (χ0v) is 25.6. The molecule has 5 aromatic rings. The maximum atomic E-state index is 5.69. The van der Waals surface area contributed by atoms with E-state index < -0.39 is 0 Å². The van der Waals surface area contributed by atoms with E-state index in [-0.39, 0.29) is 5.92 Å². The number of fused-ring (bicyclic) bond motifs is 4. The molecule has 3 aliphatic heterocycles. The lowest BCUT2D eigenvalue weighted by atomic mass is 9.69. The second-order valence-corrected chi connectivity index (χ2v) is 12.4. The smallest absolute Gasteiger partial charge is 0.119 e. The molecule has 44 heavy (non-hydrogen) atoms. The van der Waals surface area contributed by atoms with E-state index >= 15 is 0 Å². The molecule has 0 spiro atoms. The van der Waals surface area contributed by atoms with E-state index in [4.69, 9.17) is 9.72 Å². The lowest BCUT2D eigenvalue weighted by Gasteiger charge is -2.52. The molecule has 4 heterocycles. The molecule has 222 valence electrons. The van der Waals surface area contributed by atoms with Gasteiger partial charge in [-0.25, -0.2) is 0 Å². The van der Waals surface area contributed by atoms with Crippen molar-refractivity contribution in [3.63, 3.8) is 0 Å². The normalized spacial score (nSPS) is 21.6. The molecule has 4 heteroatoms. The van der Waals surface area contributed by atoms with Gasteiger partial charge in [-0.15, -0.1) is 6.58 Å². The summed E-state index contributed by atoms with van der Waals surface area (Å²) in [6, 6.07) is 39.9. The van der Waals surface area contributed by atoms with E-state index in [9.17, 15) is 0 Å². The molecular weight excluding hydrogens is 538 g/mol. The summed E-state index contributed by atoms with van der Waals surface area (Å²) in [6.07, 6.45) is 6.62. The number of hydrogen-bond acceptors (Lipinski definition) is 4. The summed E-state index contributed by atoms with van der Waals surface area (Å²) >= 11 is 0. The molecule has 4 aromatic carbocycles. The van der Waals surface area contributed by atoms with Gasteiger partial charge in [-0.3, -0.25) is 9.88 Å². The summed E-state index contributed by atoms with van der Waals surface area (Å²) in [5, 5.41) is 1.18. The van der Waals surface area contributed by atoms with Gasteiger partial charge in [-0.2, -0.15) is 0 Å². The fourth-order valence-corrected chi connectivity index (χ4v) is 7.64. The molecule has 0 aliphatic carbocycles. The second kappa shape index (κ2) is 12.7. The zero-order chi connectivity index (χ0) is 29.9. The largest absolute Gasteiger partial charge is 0.497 e. The van der Waals surface area contributed by atoms with Gasteiger partial charge < -0.3 is 9.64 Å². The monoisotopic (exact) mass is 579 g/mol. The summed E-state index contributed by atoms with van der Waals surface area (Å²) in [5.41, 5.74) is 7.57. The molecule has 3 fully saturated rings. The Bertz CT molecular complexity index is 1680. The van der Waals surface area contributed by atoms with Crippen LogP contribution in [0.2, 0.25) is 0 Å². The Morgan fingerprint density at radius 1 is 0.909 bits per heavy atom. The molecule has 4 nitrogen and oxygen atoms in total. The van der Waals surface area contributed by atoms with Crippen molar-refractivity contribution in [3.8, 4) is 5.75 Å². The molecule has 5 atom stereocenters. The predicted molar refractivity (Wildman–Crippen MR) is 181 cm³/mol. The Morgan fingerprint density at radius 2 is 1.66 bits per heavy atom. The van der Waals surface area contributed by atoms with Crippen LogP contribution in [0.15, 0.2) is 128 Å². The highest BCUT2D eigenvalue weighted by atomic mass is 16.5. The van der Waals surface area contributed by atoms with Gasteiger partial charge in [0.15, 0.2) is 0 Å². The number of pyridine rings is 1. The molecule has 0 radical (unpaired) electrons. The van der Waals surface area contributed by atoms with Crippen molar-refractivity contribution in [1.82, 2.24) is 9.88 Å². The van der Waals surface area contributed by atoms with Crippen LogP contribution in [0.3, 0.4) is 0 Å². The Balaban J connectivity index is 1.34. The number of benzene rings is 4. The lowest BCUT2D eigenvalue weighted by Crippen LogP contribution is -2.55. The summed E-state index contributed by atoms with van der Waals surface area (Å²) in [6.45, 7) is 8.13. The molecule has 1 aromatic heterocycles. The van der Waals surface area contributed by atoms with Gasteiger partial charge in [0.2, 0.25) is 0 Å². The number of nitrogens with zero attached hydrogens (tertiary/aromatic N) is 3. The molecule has 3 saturated heterocycles. The van der Waals surface area contributed by atoms with Crippen molar-refractivity contribution in [2.45, 2.75) is 37.9 Å². The van der Waals surface area contributed by atoms with Crippen LogP contribution in [0, 0.1) is 11.8 Å². The number of anilines is 1. The summed E-state index contributed by atoms with van der Waals surface area (Å²) < 4.78 is 5.69. The van der Waals surface area contributed by atoms with Gasteiger partial charge in [0.25, 0.3) is 0 Å². The first-order chi connectivity index (χ1) is 21.7. The second-order valence-electron chi connectivity index (χ2n) is 12.4. The minimum atomic E-state index is 0.205. The summed E-state index contributed by atoms with van der Waals surface area (Å²) in [7, 11) is 1.74. The van der Waals surface area contributed by atoms with E-state index in [0.717, 1.165) is 37.4 Å². The van der Waals surface area contributed by atoms with Crippen LogP contribution in [-0.2, 0) is 13.1 Å². The first kappa shape index (κ1) is 28.4. The minimum absolute atomic E-state index is 0.205. The van der Waals surface area contributed by atoms with Crippen molar-refractivity contribution in [2.75, 3.05) is 25.1 Å². The van der Waals surface area contributed by atoms with E-state index in [1.54, 1.807) is 7.11 Å². The van der Waals surface area contributed by atoms with Crippen molar-refractivity contribution < 1.29 is 4.74 Å². The SMILES string of the molecule is C=C[C@H]1CN2CC[C@H]1C[C@H]2[C@@H](c1cccc(N(Cc2ccccc2)Cc2ccccc2)c1)c1ccnc2ccc(OC)cc12. The highest BCUT2D eigenvalue weighted by Gasteiger charge is 2.43. The third kappa shape index (κ3) is 5.75. The molecule has 8 rings (SSSR count). The Morgan fingerprint density at radius 3 is 2.32 bits per heavy atom. The van der Waals surface area contributed by atoms with Crippen LogP contribution in [-0.4, -0.2) is 36.1 Å². The molecule has 0 saturated carbocycles. The highest BCUT2D eigenvalue weighted by molar-refractivity contribution is 5.84. The topological polar surface area (TPSA) is 28.6 Å². The zero-order valence-electron chi connectivity index (χ0n) is 25.6. The van der Waals surface area contributed by atoms with Crippen LogP contribution in [0.1, 0.15) is 41.0 Å². The minimum Gasteiger partial charge on any atom is -0.497 e. The first-order valence-electron chi connectivity index (χ1n) is 15.9. The van der Waals surface area contributed by atoms with E-state index in [1.165, 1.54) is 46.2 Å². The van der Waals surface area contributed by atoms with Crippen molar-refractivity contribution >= 4 is 16.6 Å². The van der Waals surface area contributed by atoms with Crippen molar-refractivity contribution in [3.05, 3.63) is 150 Å². The van der Waals surface area contributed by atoms with Crippen LogP contribution in [0.25, 0.3) is 10.9 Å². The summed E-state index contributed by atoms with van der Waals surface area (Å²) in [4.78, 5) is 10.0. The van der Waals surface area contributed by atoms with E-state index in [2.05, 4.69) is 126 Å². The fourth-order valence-electron chi connectivity index (χ4n) is 7.64. The third-order valence-electron chi connectivity index (χ3n) is 9.88. The third-order valence-corrected chi connectivity index (χ3v) is 9.88. The Hall–Kier alpha value is -4.41. The number of rotatable bonds is 10. The average Bonchev–Trinajstić information content (AvgIpc) is 3.09. The number of piperidine rings is 3. The highest BCUT2D eigenvalue weighted by Crippen LogP contribution is 2.46. The molecule has 1 unspecified atom stereocenters. The lowest BCUT2D eigenvalue weighted by molar-refractivity contribution is 0.0121. The summed E-state index contributed by atoms with van der Waals surface area (Å²) in [5.74, 6) is 2.33. The molecule has 3 aliphatic rings. The Labute approximate surface area is 261 Å². The van der Waals surface area contributed by atoms with Crippen molar-refractivity contribution in [1.29, 1.82) is 0 Å². The van der Waals surface area contributed by atoms with Crippen LogP contribution < -0.4 is 9.64 Å².